The lowest BCUT2D eigenvalue weighted by molar-refractivity contribution is -0.116. The zero-order valence-corrected chi connectivity index (χ0v) is 11.9. The summed E-state index contributed by atoms with van der Waals surface area (Å²) in [5.41, 5.74) is 1.66. The second-order valence-corrected chi connectivity index (χ2v) is 6.25. The molecule has 1 N–H and O–H groups in total. The number of rotatable bonds is 3. The van der Waals surface area contributed by atoms with Gasteiger partial charge in [-0.2, -0.15) is 0 Å². The van der Waals surface area contributed by atoms with Crippen LogP contribution in [0.25, 0.3) is 0 Å². The fourth-order valence-electron chi connectivity index (χ4n) is 3.29. The van der Waals surface area contributed by atoms with Gasteiger partial charge in [0.25, 0.3) is 0 Å². The van der Waals surface area contributed by atoms with Crippen LogP contribution in [0.1, 0.15) is 25.0 Å². The number of hydrogen-bond donors (Lipinski definition) is 1. The van der Waals surface area contributed by atoms with Gasteiger partial charge in [0.2, 0.25) is 0 Å². The van der Waals surface area contributed by atoms with Crippen LogP contribution in [0.3, 0.4) is 0 Å². The highest BCUT2D eigenvalue weighted by molar-refractivity contribution is 5.84. The van der Waals surface area contributed by atoms with Crippen molar-refractivity contribution in [2.45, 2.75) is 38.3 Å². The predicted molar refractivity (Wildman–Crippen MR) is 76.5 cm³/mol. The summed E-state index contributed by atoms with van der Waals surface area (Å²) in [6.45, 7) is 4.79. The molecule has 0 unspecified atom stereocenters. The first-order valence-corrected chi connectivity index (χ1v) is 7.17. The predicted octanol–water partition coefficient (Wildman–Crippen LogP) is 1.77. The quantitative estimate of drug-likeness (QED) is 0.853. The van der Waals surface area contributed by atoms with E-state index in [1.807, 2.05) is 12.1 Å². The van der Waals surface area contributed by atoms with Gasteiger partial charge < -0.3 is 15.0 Å². The van der Waals surface area contributed by atoms with E-state index in [0.717, 1.165) is 6.29 Å². The Labute approximate surface area is 119 Å². The molecule has 0 spiro atoms. The molecule has 0 saturated carbocycles. The minimum Gasteiger partial charge on any atom is -0.333 e. The zero-order chi connectivity index (χ0) is 14.3. The Kier molecular flexibility index (Phi) is 3.04. The normalized spacial score (nSPS) is 23.9. The van der Waals surface area contributed by atoms with Crippen LogP contribution in [0, 0.1) is 5.92 Å². The number of nitrogens with zero attached hydrogens (tertiary/aromatic N) is 1. The van der Waals surface area contributed by atoms with E-state index in [9.17, 15) is 9.59 Å². The van der Waals surface area contributed by atoms with E-state index in [-0.39, 0.29) is 12.1 Å². The van der Waals surface area contributed by atoms with E-state index in [1.165, 1.54) is 11.1 Å². The van der Waals surface area contributed by atoms with Crippen LogP contribution in [0.15, 0.2) is 24.3 Å². The Bertz CT molecular complexity index is 528. The van der Waals surface area contributed by atoms with Gasteiger partial charge in [-0.15, -0.1) is 0 Å². The Morgan fingerprint density at radius 3 is 2.35 bits per heavy atom. The first-order chi connectivity index (χ1) is 9.55. The number of carbonyl (C=O) groups excluding carboxylic acids is 2. The fourth-order valence-corrected chi connectivity index (χ4v) is 3.29. The van der Waals surface area contributed by atoms with Crippen molar-refractivity contribution in [3.8, 4) is 0 Å². The van der Waals surface area contributed by atoms with Gasteiger partial charge in [0.1, 0.15) is 11.8 Å². The van der Waals surface area contributed by atoms with Gasteiger partial charge in [0, 0.05) is 19.4 Å². The highest BCUT2D eigenvalue weighted by Gasteiger charge is 2.48. The molecule has 1 aromatic carbocycles. The Balaban J connectivity index is 1.89. The molecule has 2 aliphatic rings. The smallest absolute Gasteiger partial charge is 0.318 e. The van der Waals surface area contributed by atoms with Crippen molar-refractivity contribution in [3.63, 3.8) is 0 Å². The minimum atomic E-state index is -0.697. The molecule has 20 heavy (non-hydrogen) atoms. The second kappa shape index (κ2) is 4.62. The highest BCUT2D eigenvalue weighted by atomic mass is 16.2. The van der Waals surface area contributed by atoms with E-state index in [4.69, 9.17) is 0 Å². The summed E-state index contributed by atoms with van der Waals surface area (Å²) in [6, 6.07) is 8.09. The molecule has 106 valence electrons. The van der Waals surface area contributed by atoms with E-state index >= 15 is 0 Å². The summed E-state index contributed by atoms with van der Waals surface area (Å²) in [5.74, 6) is 0.372. The number of urea groups is 1. The maximum atomic E-state index is 12.2. The topological polar surface area (TPSA) is 49.4 Å². The van der Waals surface area contributed by atoms with E-state index in [1.54, 1.807) is 4.90 Å². The van der Waals surface area contributed by atoms with Gasteiger partial charge in [0.05, 0.1) is 6.04 Å². The third-order valence-corrected chi connectivity index (χ3v) is 4.61. The standard InChI is InChI=1S/C16H20N2O2/c1-11(2)14-9-18(15(20)17-14)16(10-19)7-12-5-3-4-6-13(12)8-16/h3-6,10-11,14H,7-9H2,1-2H3,(H,17,20)/t14-/m0/s1. The molecule has 4 nitrogen and oxygen atoms in total. The van der Waals surface area contributed by atoms with Gasteiger partial charge in [-0.05, 0) is 17.0 Å². The molecule has 3 rings (SSSR count). The summed E-state index contributed by atoms with van der Waals surface area (Å²) < 4.78 is 0. The molecule has 2 amide bonds. The molecule has 4 heteroatoms. The lowest BCUT2D eigenvalue weighted by atomic mass is 9.94. The molecule has 1 heterocycles. The van der Waals surface area contributed by atoms with E-state index in [2.05, 4.69) is 31.3 Å². The van der Waals surface area contributed by atoms with E-state index in [0.29, 0.717) is 25.3 Å². The lowest BCUT2D eigenvalue weighted by Gasteiger charge is -2.33. The first kappa shape index (κ1) is 13.2. The monoisotopic (exact) mass is 272 g/mol. The first-order valence-electron chi connectivity index (χ1n) is 7.17. The number of carbonyl (C=O) groups is 2. The van der Waals surface area contributed by atoms with Gasteiger partial charge in [0.15, 0.2) is 0 Å². The van der Waals surface area contributed by atoms with Gasteiger partial charge >= 0.3 is 6.03 Å². The van der Waals surface area contributed by atoms with Crippen molar-refractivity contribution in [3.05, 3.63) is 35.4 Å². The number of benzene rings is 1. The third-order valence-electron chi connectivity index (χ3n) is 4.61. The zero-order valence-electron chi connectivity index (χ0n) is 11.9. The summed E-state index contributed by atoms with van der Waals surface area (Å²) >= 11 is 0. The second-order valence-electron chi connectivity index (χ2n) is 6.25. The Morgan fingerprint density at radius 2 is 1.90 bits per heavy atom. The van der Waals surface area contributed by atoms with Crippen LogP contribution in [0.2, 0.25) is 0 Å². The van der Waals surface area contributed by atoms with Crippen molar-refractivity contribution >= 4 is 12.3 Å². The molecule has 0 bridgehead atoms. The van der Waals surface area contributed by atoms with Crippen molar-refractivity contribution in [1.29, 1.82) is 0 Å². The largest absolute Gasteiger partial charge is 0.333 e. The van der Waals surface area contributed by atoms with Crippen LogP contribution in [0.5, 0.6) is 0 Å². The average molecular weight is 272 g/mol. The molecule has 0 aromatic heterocycles. The summed E-state index contributed by atoms with van der Waals surface area (Å²) in [4.78, 5) is 25.8. The molecular weight excluding hydrogens is 252 g/mol. The van der Waals surface area contributed by atoms with Crippen LogP contribution in [-0.4, -0.2) is 35.3 Å². The number of hydrogen-bond acceptors (Lipinski definition) is 2. The molecule has 0 radical (unpaired) electrons. The van der Waals surface area contributed by atoms with Crippen LogP contribution in [0.4, 0.5) is 4.79 Å². The van der Waals surface area contributed by atoms with Gasteiger partial charge in [-0.1, -0.05) is 38.1 Å². The highest BCUT2D eigenvalue weighted by Crippen LogP contribution is 2.35. The molecule has 1 atom stereocenters. The summed E-state index contributed by atoms with van der Waals surface area (Å²) in [5, 5.41) is 2.99. The number of nitrogens with one attached hydrogen (secondary N) is 1. The molecule has 1 saturated heterocycles. The SMILES string of the molecule is CC(C)[C@@H]1CN(C2(C=O)Cc3ccccc3C2)C(=O)N1. The summed E-state index contributed by atoms with van der Waals surface area (Å²) in [7, 11) is 0. The third kappa shape index (κ3) is 1.90. The number of fused-ring (bicyclic) bond motifs is 1. The minimum absolute atomic E-state index is 0.108. The maximum absolute atomic E-state index is 12.2. The van der Waals surface area contributed by atoms with Crippen LogP contribution in [-0.2, 0) is 17.6 Å². The van der Waals surface area contributed by atoms with Crippen molar-refractivity contribution < 1.29 is 9.59 Å². The van der Waals surface area contributed by atoms with Gasteiger partial charge in [-0.25, -0.2) is 4.79 Å². The van der Waals surface area contributed by atoms with Crippen molar-refractivity contribution in [1.82, 2.24) is 10.2 Å². The number of aldehydes is 1. The number of amides is 2. The molecular formula is C16H20N2O2. The maximum Gasteiger partial charge on any atom is 0.318 e. The Hall–Kier alpha value is -1.84. The lowest BCUT2D eigenvalue weighted by Crippen LogP contribution is -2.52. The van der Waals surface area contributed by atoms with Gasteiger partial charge in [-0.3, -0.25) is 0 Å². The molecule has 1 aromatic rings. The van der Waals surface area contributed by atoms with Crippen molar-refractivity contribution in [2.24, 2.45) is 5.92 Å². The van der Waals surface area contributed by atoms with Crippen LogP contribution < -0.4 is 5.32 Å². The molecule has 1 fully saturated rings. The summed E-state index contributed by atoms with van der Waals surface area (Å²) in [6.07, 6.45) is 2.23. The fraction of sp³-hybridized carbons (Fsp3) is 0.500. The van der Waals surface area contributed by atoms with Crippen LogP contribution >= 0.6 is 0 Å². The molecule has 1 aliphatic heterocycles. The Morgan fingerprint density at radius 1 is 1.30 bits per heavy atom. The van der Waals surface area contributed by atoms with Crippen molar-refractivity contribution in [2.75, 3.05) is 6.54 Å². The molecule has 1 aliphatic carbocycles. The van der Waals surface area contributed by atoms with E-state index < -0.39 is 5.54 Å². The average Bonchev–Trinajstić information content (AvgIpc) is 2.99.